The van der Waals surface area contributed by atoms with E-state index in [4.69, 9.17) is 10.5 Å². The standard InChI is InChI=1S/C20H29N3O5S/c1-14-12-17(5-6-18(14)28-2)29(26,27)23-9-3-4-16(13-23)20(25)22-10-7-15(8-11-22)19(21)24/h5-6,12,15-16H,3-4,7-11,13H2,1-2H3,(H2,21,24)/t16-/m0/s1. The summed E-state index contributed by atoms with van der Waals surface area (Å²) in [7, 11) is -2.14. The minimum Gasteiger partial charge on any atom is -0.496 e. The molecule has 2 N–H and O–H groups in total. The van der Waals surface area contributed by atoms with E-state index >= 15 is 0 Å². The number of rotatable bonds is 5. The number of nitrogens with zero attached hydrogens (tertiary/aromatic N) is 2. The lowest BCUT2D eigenvalue weighted by Crippen LogP contribution is -2.49. The van der Waals surface area contributed by atoms with Crippen molar-refractivity contribution in [3.63, 3.8) is 0 Å². The number of amides is 2. The Labute approximate surface area is 172 Å². The van der Waals surface area contributed by atoms with E-state index < -0.39 is 10.0 Å². The van der Waals surface area contributed by atoms with Gasteiger partial charge in [-0.25, -0.2) is 8.42 Å². The molecular formula is C20H29N3O5S. The molecule has 0 radical (unpaired) electrons. The van der Waals surface area contributed by atoms with Gasteiger partial charge in [-0.15, -0.1) is 0 Å². The topological polar surface area (TPSA) is 110 Å². The molecule has 29 heavy (non-hydrogen) atoms. The van der Waals surface area contributed by atoms with Crippen molar-refractivity contribution in [3.05, 3.63) is 23.8 Å². The van der Waals surface area contributed by atoms with E-state index in [2.05, 4.69) is 0 Å². The van der Waals surface area contributed by atoms with Gasteiger partial charge in [0.05, 0.1) is 17.9 Å². The molecule has 8 nitrogen and oxygen atoms in total. The van der Waals surface area contributed by atoms with Crippen LogP contribution in [-0.2, 0) is 19.6 Å². The molecule has 1 aromatic rings. The molecule has 0 spiro atoms. The molecule has 1 aromatic carbocycles. The Morgan fingerprint density at radius 2 is 1.79 bits per heavy atom. The number of nitrogens with two attached hydrogens (primary N) is 1. The molecule has 0 unspecified atom stereocenters. The first kappa shape index (κ1) is 21.6. The van der Waals surface area contributed by atoms with Crippen LogP contribution in [0.4, 0.5) is 0 Å². The fraction of sp³-hybridized carbons (Fsp3) is 0.600. The van der Waals surface area contributed by atoms with Crippen LogP contribution in [0.3, 0.4) is 0 Å². The summed E-state index contributed by atoms with van der Waals surface area (Å²) in [5.41, 5.74) is 6.10. The summed E-state index contributed by atoms with van der Waals surface area (Å²) in [6.45, 7) is 3.37. The van der Waals surface area contributed by atoms with Crippen LogP contribution in [0.25, 0.3) is 0 Å². The third-order valence-corrected chi connectivity index (χ3v) is 7.81. The van der Waals surface area contributed by atoms with Crippen LogP contribution >= 0.6 is 0 Å². The van der Waals surface area contributed by atoms with Crippen molar-refractivity contribution in [1.82, 2.24) is 9.21 Å². The summed E-state index contributed by atoms with van der Waals surface area (Å²) >= 11 is 0. The number of likely N-dealkylation sites (tertiary alicyclic amines) is 1. The Kier molecular flexibility index (Phi) is 6.48. The average molecular weight is 424 g/mol. The van der Waals surface area contributed by atoms with E-state index in [0.29, 0.717) is 51.1 Å². The lowest BCUT2D eigenvalue weighted by Gasteiger charge is -2.37. The number of aryl methyl sites for hydroxylation is 1. The largest absolute Gasteiger partial charge is 0.496 e. The first-order valence-corrected chi connectivity index (χ1v) is 11.4. The second-order valence-electron chi connectivity index (χ2n) is 7.84. The van der Waals surface area contributed by atoms with Crippen LogP contribution in [0, 0.1) is 18.8 Å². The summed E-state index contributed by atoms with van der Waals surface area (Å²) < 4.78 is 32.8. The Bertz CT molecular complexity index is 878. The molecule has 0 bridgehead atoms. The van der Waals surface area contributed by atoms with Crippen LogP contribution in [0.2, 0.25) is 0 Å². The number of benzene rings is 1. The molecule has 2 aliphatic rings. The smallest absolute Gasteiger partial charge is 0.243 e. The van der Waals surface area contributed by atoms with Crippen LogP contribution in [0.5, 0.6) is 5.75 Å². The summed E-state index contributed by atoms with van der Waals surface area (Å²) in [6, 6.07) is 4.80. The average Bonchev–Trinajstić information content (AvgIpc) is 2.73. The number of piperidine rings is 2. The summed E-state index contributed by atoms with van der Waals surface area (Å²) in [4.78, 5) is 26.2. The van der Waals surface area contributed by atoms with Crippen molar-refractivity contribution < 1.29 is 22.7 Å². The van der Waals surface area contributed by atoms with E-state index in [1.54, 1.807) is 37.1 Å². The second kappa shape index (κ2) is 8.71. The zero-order valence-electron chi connectivity index (χ0n) is 17.0. The quantitative estimate of drug-likeness (QED) is 0.763. The van der Waals surface area contributed by atoms with Gasteiger partial charge in [0.2, 0.25) is 21.8 Å². The minimum absolute atomic E-state index is 0.0290. The molecule has 0 saturated carbocycles. The molecule has 2 heterocycles. The first-order chi connectivity index (χ1) is 13.7. The highest BCUT2D eigenvalue weighted by atomic mass is 32.2. The SMILES string of the molecule is COc1ccc(S(=O)(=O)N2CCC[C@H](C(=O)N3CCC(C(N)=O)CC3)C2)cc1C. The van der Waals surface area contributed by atoms with Crippen molar-refractivity contribution in [2.75, 3.05) is 33.3 Å². The number of ether oxygens (including phenoxy) is 1. The molecule has 160 valence electrons. The molecule has 0 aliphatic carbocycles. The van der Waals surface area contributed by atoms with E-state index in [-0.39, 0.29) is 35.1 Å². The fourth-order valence-electron chi connectivity index (χ4n) is 4.17. The normalized spacial score (nSPS) is 21.7. The van der Waals surface area contributed by atoms with Gasteiger partial charge in [0.15, 0.2) is 0 Å². The van der Waals surface area contributed by atoms with Crippen molar-refractivity contribution in [2.45, 2.75) is 37.5 Å². The first-order valence-electron chi connectivity index (χ1n) is 9.97. The minimum atomic E-state index is -3.68. The number of methoxy groups -OCH3 is 1. The Morgan fingerprint density at radius 1 is 1.10 bits per heavy atom. The number of hydrogen-bond donors (Lipinski definition) is 1. The highest BCUT2D eigenvalue weighted by molar-refractivity contribution is 7.89. The summed E-state index contributed by atoms with van der Waals surface area (Å²) in [5, 5.41) is 0. The molecule has 2 amide bonds. The zero-order chi connectivity index (χ0) is 21.2. The summed E-state index contributed by atoms with van der Waals surface area (Å²) in [5.74, 6) is -0.251. The molecular weight excluding hydrogens is 394 g/mol. The lowest BCUT2D eigenvalue weighted by molar-refractivity contribution is -0.139. The van der Waals surface area contributed by atoms with E-state index in [0.717, 1.165) is 5.56 Å². The van der Waals surface area contributed by atoms with Crippen LogP contribution in [0.1, 0.15) is 31.2 Å². The molecule has 0 aromatic heterocycles. The number of hydrogen-bond acceptors (Lipinski definition) is 5. The van der Waals surface area contributed by atoms with Gasteiger partial charge in [0, 0.05) is 32.1 Å². The van der Waals surface area contributed by atoms with Crippen LogP contribution in [0.15, 0.2) is 23.1 Å². The third kappa shape index (κ3) is 4.56. The van der Waals surface area contributed by atoms with Gasteiger partial charge in [0.25, 0.3) is 0 Å². The fourth-order valence-corrected chi connectivity index (χ4v) is 5.77. The van der Waals surface area contributed by atoms with Crippen molar-refractivity contribution in [2.24, 2.45) is 17.6 Å². The lowest BCUT2D eigenvalue weighted by atomic mass is 9.93. The van der Waals surface area contributed by atoms with E-state index in [9.17, 15) is 18.0 Å². The Morgan fingerprint density at radius 3 is 2.38 bits per heavy atom. The number of carbonyl (C=O) groups excluding carboxylic acids is 2. The highest BCUT2D eigenvalue weighted by Gasteiger charge is 2.36. The van der Waals surface area contributed by atoms with Gasteiger partial charge < -0.3 is 15.4 Å². The molecule has 2 fully saturated rings. The maximum absolute atomic E-state index is 13.1. The van der Waals surface area contributed by atoms with Gasteiger partial charge in [0.1, 0.15) is 5.75 Å². The van der Waals surface area contributed by atoms with Crippen LogP contribution in [-0.4, -0.2) is 62.7 Å². The second-order valence-corrected chi connectivity index (χ2v) is 9.77. The zero-order valence-corrected chi connectivity index (χ0v) is 17.8. The number of sulfonamides is 1. The highest BCUT2D eigenvalue weighted by Crippen LogP contribution is 2.29. The van der Waals surface area contributed by atoms with Gasteiger partial charge in [-0.05, 0) is 56.4 Å². The van der Waals surface area contributed by atoms with Gasteiger partial charge >= 0.3 is 0 Å². The molecule has 2 saturated heterocycles. The van der Waals surface area contributed by atoms with E-state index in [1.807, 2.05) is 0 Å². The molecule has 1 atom stereocenters. The van der Waals surface area contributed by atoms with Gasteiger partial charge in [-0.3, -0.25) is 9.59 Å². The van der Waals surface area contributed by atoms with Crippen molar-refractivity contribution >= 4 is 21.8 Å². The van der Waals surface area contributed by atoms with Crippen molar-refractivity contribution in [1.29, 1.82) is 0 Å². The van der Waals surface area contributed by atoms with Crippen LogP contribution < -0.4 is 10.5 Å². The summed E-state index contributed by atoms with van der Waals surface area (Å²) in [6.07, 6.45) is 2.45. The third-order valence-electron chi connectivity index (χ3n) is 5.95. The maximum atomic E-state index is 13.1. The maximum Gasteiger partial charge on any atom is 0.243 e. The monoisotopic (exact) mass is 423 g/mol. The Hall–Kier alpha value is -2.13. The molecule has 2 aliphatic heterocycles. The molecule has 9 heteroatoms. The van der Waals surface area contributed by atoms with Gasteiger partial charge in [-0.2, -0.15) is 4.31 Å². The molecule has 3 rings (SSSR count). The van der Waals surface area contributed by atoms with E-state index in [1.165, 1.54) is 4.31 Å². The Balaban J connectivity index is 1.69. The number of primary amides is 1. The predicted molar refractivity (Wildman–Crippen MR) is 108 cm³/mol. The number of carbonyl (C=O) groups is 2. The van der Waals surface area contributed by atoms with Gasteiger partial charge in [-0.1, -0.05) is 0 Å². The van der Waals surface area contributed by atoms with Crippen molar-refractivity contribution in [3.8, 4) is 5.75 Å². The predicted octanol–water partition coefficient (Wildman–Crippen LogP) is 1.13.